The van der Waals surface area contributed by atoms with Gasteiger partial charge in [-0.05, 0) is 42.7 Å². The van der Waals surface area contributed by atoms with E-state index in [4.69, 9.17) is 9.47 Å². The predicted octanol–water partition coefficient (Wildman–Crippen LogP) is 3.53. The molecule has 0 fully saturated rings. The Bertz CT molecular complexity index is 756. The first-order chi connectivity index (χ1) is 11.9. The summed E-state index contributed by atoms with van der Waals surface area (Å²) < 4.78 is 10.4. The second kappa shape index (κ2) is 8.33. The molecule has 1 aromatic rings. The van der Waals surface area contributed by atoms with Crippen LogP contribution in [0.3, 0.4) is 0 Å². The van der Waals surface area contributed by atoms with E-state index < -0.39 is 18.0 Å². The number of allylic oxidation sites excluding steroid dienone is 5. The van der Waals surface area contributed by atoms with Crippen LogP contribution in [0.5, 0.6) is 5.75 Å². The van der Waals surface area contributed by atoms with Crippen LogP contribution < -0.4 is 0 Å². The standard InChI is InChI=1S/C20H22O5/c1-4-5-6-7-8-9-16-11-17-13(2)15(12-24-14(3)21)10-18(22)19(17)20(23)25-16/h4-10,16,22H,11-12H2,1-3H3. The molecule has 0 saturated heterocycles. The maximum absolute atomic E-state index is 12.3. The van der Waals surface area contributed by atoms with Crippen molar-refractivity contribution < 1.29 is 24.2 Å². The van der Waals surface area contributed by atoms with Crippen molar-refractivity contribution in [2.75, 3.05) is 0 Å². The molecule has 0 radical (unpaired) electrons. The van der Waals surface area contributed by atoms with E-state index in [0.29, 0.717) is 12.0 Å². The molecule has 132 valence electrons. The fourth-order valence-electron chi connectivity index (χ4n) is 2.67. The Hall–Kier alpha value is -2.82. The Morgan fingerprint density at radius 2 is 2.08 bits per heavy atom. The van der Waals surface area contributed by atoms with E-state index in [0.717, 1.165) is 11.1 Å². The average Bonchev–Trinajstić information content (AvgIpc) is 2.56. The second-order valence-corrected chi connectivity index (χ2v) is 5.76. The van der Waals surface area contributed by atoms with Crippen LogP contribution in [0.2, 0.25) is 0 Å². The maximum atomic E-state index is 12.3. The summed E-state index contributed by atoms with van der Waals surface area (Å²) in [5.41, 5.74) is 2.43. The lowest BCUT2D eigenvalue weighted by Gasteiger charge is -2.26. The summed E-state index contributed by atoms with van der Waals surface area (Å²) in [7, 11) is 0. The zero-order chi connectivity index (χ0) is 18.4. The van der Waals surface area contributed by atoms with Gasteiger partial charge in [-0.1, -0.05) is 30.4 Å². The predicted molar refractivity (Wildman–Crippen MR) is 94.3 cm³/mol. The van der Waals surface area contributed by atoms with Gasteiger partial charge in [0.1, 0.15) is 24.0 Å². The normalized spacial score (nSPS) is 17.2. The quantitative estimate of drug-likeness (QED) is 0.654. The van der Waals surface area contributed by atoms with Gasteiger partial charge in [0.05, 0.1) is 0 Å². The fraction of sp³-hybridized carbons (Fsp3) is 0.300. The van der Waals surface area contributed by atoms with Gasteiger partial charge in [-0.2, -0.15) is 0 Å². The summed E-state index contributed by atoms with van der Waals surface area (Å²) in [6.07, 6.45) is 11.2. The molecule has 2 rings (SSSR count). The lowest BCUT2D eigenvalue weighted by molar-refractivity contribution is -0.142. The number of carbonyl (C=O) groups is 2. The fourth-order valence-corrected chi connectivity index (χ4v) is 2.67. The van der Waals surface area contributed by atoms with Crippen LogP contribution in [-0.2, 0) is 27.3 Å². The average molecular weight is 342 g/mol. The second-order valence-electron chi connectivity index (χ2n) is 5.76. The van der Waals surface area contributed by atoms with Crippen molar-refractivity contribution in [3.8, 4) is 5.75 Å². The smallest absolute Gasteiger partial charge is 0.342 e. The number of hydrogen-bond donors (Lipinski definition) is 1. The Morgan fingerprint density at radius 1 is 1.36 bits per heavy atom. The van der Waals surface area contributed by atoms with Crippen molar-refractivity contribution >= 4 is 11.9 Å². The van der Waals surface area contributed by atoms with Crippen LogP contribution in [0.25, 0.3) is 0 Å². The highest BCUT2D eigenvalue weighted by atomic mass is 16.5. The number of phenols is 1. The molecule has 1 aliphatic rings. The molecule has 1 aromatic carbocycles. The van der Waals surface area contributed by atoms with Crippen molar-refractivity contribution in [1.82, 2.24) is 0 Å². The SMILES string of the molecule is CC=CC=CC=CC1Cc2c(C)c(COC(C)=O)cc(O)c2C(=O)O1. The first-order valence-electron chi connectivity index (χ1n) is 8.08. The third kappa shape index (κ3) is 4.59. The number of ether oxygens (including phenoxy) is 2. The molecule has 5 heteroatoms. The van der Waals surface area contributed by atoms with E-state index in [2.05, 4.69) is 0 Å². The van der Waals surface area contributed by atoms with Gasteiger partial charge in [0, 0.05) is 13.3 Å². The number of esters is 2. The molecule has 0 bridgehead atoms. The van der Waals surface area contributed by atoms with Gasteiger partial charge in [0.25, 0.3) is 0 Å². The van der Waals surface area contributed by atoms with Crippen LogP contribution in [0.4, 0.5) is 0 Å². The lowest BCUT2D eigenvalue weighted by Crippen LogP contribution is -2.27. The molecule has 5 nitrogen and oxygen atoms in total. The van der Waals surface area contributed by atoms with Crippen LogP contribution in [-0.4, -0.2) is 23.1 Å². The number of aromatic hydroxyl groups is 1. The Morgan fingerprint density at radius 3 is 2.76 bits per heavy atom. The van der Waals surface area contributed by atoms with E-state index >= 15 is 0 Å². The summed E-state index contributed by atoms with van der Waals surface area (Å²) in [6.45, 7) is 5.16. The summed E-state index contributed by atoms with van der Waals surface area (Å²) in [4.78, 5) is 23.3. The molecule has 1 N–H and O–H groups in total. The minimum atomic E-state index is -0.548. The Labute approximate surface area is 147 Å². The molecule has 0 saturated carbocycles. The minimum absolute atomic E-state index is 0.0592. The van der Waals surface area contributed by atoms with Crippen LogP contribution in [0.15, 0.2) is 42.5 Å². The Kier molecular flexibility index (Phi) is 6.17. The van der Waals surface area contributed by atoms with E-state index in [9.17, 15) is 14.7 Å². The van der Waals surface area contributed by atoms with Crippen molar-refractivity contribution in [2.24, 2.45) is 0 Å². The summed E-state index contributed by atoms with van der Waals surface area (Å²) in [6, 6.07) is 1.45. The third-order valence-electron chi connectivity index (χ3n) is 3.95. The molecular weight excluding hydrogens is 320 g/mol. The van der Waals surface area contributed by atoms with Gasteiger partial charge in [0.15, 0.2) is 0 Å². The molecule has 1 aliphatic heterocycles. The van der Waals surface area contributed by atoms with Gasteiger partial charge in [0.2, 0.25) is 0 Å². The van der Waals surface area contributed by atoms with Crippen molar-refractivity contribution in [1.29, 1.82) is 0 Å². The Balaban J connectivity index is 2.28. The molecule has 0 aromatic heterocycles. The number of carbonyl (C=O) groups excluding carboxylic acids is 2. The largest absolute Gasteiger partial charge is 0.507 e. The summed E-state index contributed by atoms with van der Waals surface area (Å²) >= 11 is 0. The zero-order valence-electron chi connectivity index (χ0n) is 14.6. The van der Waals surface area contributed by atoms with Gasteiger partial charge in [-0.3, -0.25) is 4.79 Å². The highest BCUT2D eigenvalue weighted by Crippen LogP contribution is 2.33. The number of rotatable bonds is 5. The number of cyclic esters (lactones) is 1. The van der Waals surface area contributed by atoms with Gasteiger partial charge in [-0.25, -0.2) is 4.79 Å². The van der Waals surface area contributed by atoms with Crippen molar-refractivity contribution in [2.45, 2.75) is 39.9 Å². The van der Waals surface area contributed by atoms with E-state index in [1.807, 2.05) is 44.2 Å². The van der Waals surface area contributed by atoms with Crippen molar-refractivity contribution in [3.05, 3.63) is 64.8 Å². The van der Waals surface area contributed by atoms with Gasteiger partial charge in [-0.15, -0.1) is 0 Å². The number of hydrogen-bond acceptors (Lipinski definition) is 5. The summed E-state index contributed by atoms with van der Waals surface area (Å²) in [5, 5.41) is 10.2. The monoisotopic (exact) mass is 342 g/mol. The molecule has 0 amide bonds. The molecular formula is C20H22O5. The maximum Gasteiger partial charge on any atom is 0.342 e. The highest BCUT2D eigenvalue weighted by molar-refractivity contribution is 5.96. The van der Waals surface area contributed by atoms with Gasteiger partial charge < -0.3 is 14.6 Å². The van der Waals surface area contributed by atoms with E-state index in [1.165, 1.54) is 13.0 Å². The first-order valence-corrected chi connectivity index (χ1v) is 8.08. The number of benzene rings is 1. The topological polar surface area (TPSA) is 72.8 Å². The minimum Gasteiger partial charge on any atom is -0.507 e. The zero-order valence-corrected chi connectivity index (χ0v) is 14.6. The third-order valence-corrected chi connectivity index (χ3v) is 3.95. The van der Waals surface area contributed by atoms with E-state index in [1.54, 1.807) is 6.08 Å². The number of phenolic OH excluding ortho intramolecular Hbond substituents is 1. The van der Waals surface area contributed by atoms with Crippen LogP contribution in [0.1, 0.15) is 40.9 Å². The molecule has 25 heavy (non-hydrogen) atoms. The number of fused-ring (bicyclic) bond motifs is 1. The summed E-state index contributed by atoms with van der Waals surface area (Å²) in [5.74, 6) is -1.10. The highest BCUT2D eigenvalue weighted by Gasteiger charge is 2.30. The lowest BCUT2D eigenvalue weighted by atomic mass is 9.90. The first kappa shape index (κ1) is 18.5. The van der Waals surface area contributed by atoms with Gasteiger partial charge >= 0.3 is 11.9 Å². The molecule has 1 atom stereocenters. The molecule has 1 unspecified atom stereocenters. The van der Waals surface area contributed by atoms with E-state index in [-0.39, 0.29) is 17.9 Å². The molecule has 1 heterocycles. The van der Waals surface area contributed by atoms with Crippen LogP contribution in [0, 0.1) is 6.92 Å². The van der Waals surface area contributed by atoms with Crippen molar-refractivity contribution in [3.63, 3.8) is 0 Å². The molecule has 0 aliphatic carbocycles. The van der Waals surface area contributed by atoms with Crippen LogP contribution >= 0.6 is 0 Å². The molecule has 0 spiro atoms.